The Morgan fingerprint density at radius 2 is 2.09 bits per heavy atom. The molecule has 8 heteroatoms. The normalized spacial score (nSPS) is 13.4. The number of halogens is 2. The van der Waals surface area contributed by atoms with Crippen molar-refractivity contribution in [2.24, 2.45) is 0 Å². The Morgan fingerprint density at radius 1 is 1.39 bits per heavy atom. The third-order valence-corrected chi connectivity index (χ3v) is 4.11. The number of aliphatic carboxylic acids is 1. The van der Waals surface area contributed by atoms with E-state index >= 15 is 0 Å². The molecule has 0 bridgehead atoms. The minimum absolute atomic E-state index is 0.233. The second-order valence-electron chi connectivity index (χ2n) is 5.21. The molecule has 2 aromatic rings. The Labute approximate surface area is 143 Å². The smallest absolute Gasteiger partial charge is 0.329 e. The van der Waals surface area contributed by atoms with E-state index in [2.05, 4.69) is 10.4 Å². The van der Waals surface area contributed by atoms with Crippen molar-refractivity contribution in [3.8, 4) is 5.69 Å². The van der Waals surface area contributed by atoms with Gasteiger partial charge >= 0.3 is 5.97 Å². The largest absolute Gasteiger partial charge is 0.480 e. The molecule has 0 radical (unpaired) electrons. The van der Waals surface area contributed by atoms with Crippen LogP contribution in [0.25, 0.3) is 5.69 Å². The van der Waals surface area contributed by atoms with E-state index < -0.39 is 17.4 Å². The molecule has 2 N–H and O–H groups in total. The zero-order valence-electron chi connectivity index (χ0n) is 12.5. The van der Waals surface area contributed by atoms with Crippen LogP contribution in [0, 0.1) is 0 Å². The lowest BCUT2D eigenvalue weighted by atomic mass is 9.99. The Balaban J connectivity index is 2.25. The van der Waals surface area contributed by atoms with E-state index in [1.165, 1.54) is 24.0 Å². The Bertz CT molecular complexity index is 760. The highest BCUT2D eigenvalue weighted by Crippen LogP contribution is 2.24. The highest BCUT2D eigenvalue weighted by Gasteiger charge is 2.33. The fourth-order valence-corrected chi connectivity index (χ4v) is 2.35. The third-order valence-electron chi connectivity index (χ3n) is 3.57. The molecule has 0 fully saturated rings. The zero-order valence-corrected chi connectivity index (χ0v) is 14.0. The van der Waals surface area contributed by atoms with E-state index in [0.717, 1.165) is 0 Å². The molecule has 1 atom stereocenters. The predicted octanol–water partition coefficient (Wildman–Crippen LogP) is 3.16. The van der Waals surface area contributed by atoms with Crippen LogP contribution < -0.4 is 5.32 Å². The second-order valence-corrected chi connectivity index (χ2v) is 6.06. The highest BCUT2D eigenvalue weighted by molar-refractivity contribution is 6.35. The summed E-state index contributed by atoms with van der Waals surface area (Å²) in [5, 5.41) is 16.7. The molecule has 0 aliphatic carbocycles. The van der Waals surface area contributed by atoms with Crippen molar-refractivity contribution in [1.82, 2.24) is 15.1 Å². The molecule has 1 unspecified atom stereocenters. The molecule has 0 aliphatic rings. The van der Waals surface area contributed by atoms with Gasteiger partial charge in [-0.25, -0.2) is 9.48 Å². The van der Waals surface area contributed by atoms with Crippen molar-refractivity contribution < 1.29 is 14.7 Å². The maximum atomic E-state index is 12.2. The minimum atomic E-state index is -1.34. The number of benzene rings is 1. The predicted molar refractivity (Wildman–Crippen MR) is 87.4 cm³/mol. The van der Waals surface area contributed by atoms with Gasteiger partial charge in [0.05, 0.1) is 22.5 Å². The van der Waals surface area contributed by atoms with Gasteiger partial charge in [-0.1, -0.05) is 30.1 Å². The van der Waals surface area contributed by atoms with Crippen molar-refractivity contribution in [2.75, 3.05) is 0 Å². The average Bonchev–Trinajstić information content (AvgIpc) is 2.96. The highest BCUT2D eigenvalue weighted by atomic mass is 35.5. The number of nitrogens with one attached hydrogen (secondary N) is 1. The summed E-state index contributed by atoms with van der Waals surface area (Å²) in [5.74, 6) is -1.62. The lowest BCUT2D eigenvalue weighted by Crippen LogP contribution is -2.51. The summed E-state index contributed by atoms with van der Waals surface area (Å²) in [5.41, 5.74) is -0.541. The van der Waals surface area contributed by atoms with Crippen LogP contribution in [-0.4, -0.2) is 32.3 Å². The number of carboxylic acids is 1. The van der Waals surface area contributed by atoms with E-state index in [0.29, 0.717) is 15.7 Å². The van der Waals surface area contributed by atoms with Crippen LogP contribution >= 0.6 is 23.2 Å². The molecular weight excluding hydrogens is 341 g/mol. The lowest BCUT2D eigenvalue weighted by Gasteiger charge is -2.24. The van der Waals surface area contributed by atoms with Crippen LogP contribution in [0.3, 0.4) is 0 Å². The van der Waals surface area contributed by atoms with Gasteiger partial charge in [0.2, 0.25) is 0 Å². The molecule has 0 saturated heterocycles. The lowest BCUT2D eigenvalue weighted by molar-refractivity contribution is -0.143. The fraction of sp³-hybridized carbons (Fsp3) is 0.267. The Kier molecular flexibility index (Phi) is 4.97. The summed E-state index contributed by atoms with van der Waals surface area (Å²) in [4.78, 5) is 23.5. The molecule has 6 nitrogen and oxygen atoms in total. The summed E-state index contributed by atoms with van der Waals surface area (Å²) in [6.45, 7) is 3.14. The molecule has 1 heterocycles. The third kappa shape index (κ3) is 3.65. The van der Waals surface area contributed by atoms with Crippen molar-refractivity contribution in [3.05, 3.63) is 46.2 Å². The van der Waals surface area contributed by atoms with E-state index in [9.17, 15) is 14.7 Å². The van der Waals surface area contributed by atoms with Gasteiger partial charge < -0.3 is 10.4 Å². The van der Waals surface area contributed by atoms with Gasteiger partial charge in [-0.05, 0) is 31.5 Å². The zero-order chi connectivity index (χ0) is 17.2. The number of nitrogens with zero attached hydrogens (tertiary/aromatic N) is 2. The summed E-state index contributed by atoms with van der Waals surface area (Å²) in [7, 11) is 0. The van der Waals surface area contributed by atoms with Gasteiger partial charge in [0.15, 0.2) is 0 Å². The summed E-state index contributed by atoms with van der Waals surface area (Å²) >= 11 is 11.9. The number of aromatic nitrogens is 2. The molecule has 0 aliphatic heterocycles. The second kappa shape index (κ2) is 6.60. The van der Waals surface area contributed by atoms with E-state index in [1.807, 2.05) is 0 Å². The van der Waals surface area contributed by atoms with Crippen LogP contribution in [-0.2, 0) is 4.79 Å². The molecule has 0 spiro atoms. The van der Waals surface area contributed by atoms with Gasteiger partial charge in [-0.3, -0.25) is 4.79 Å². The molecule has 1 amide bonds. The number of hydrogen-bond acceptors (Lipinski definition) is 3. The van der Waals surface area contributed by atoms with Crippen molar-refractivity contribution in [2.45, 2.75) is 25.8 Å². The first-order valence-corrected chi connectivity index (χ1v) is 7.58. The maximum Gasteiger partial charge on any atom is 0.329 e. The first kappa shape index (κ1) is 17.3. The summed E-state index contributed by atoms with van der Waals surface area (Å²) in [6.07, 6.45) is 3.08. The molecule has 122 valence electrons. The van der Waals surface area contributed by atoms with E-state index in [4.69, 9.17) is 23.2 Å². The van der Waals surface area contributed by atoms with Gasteiger partial charge in [-0.2, -0.15) is 5.10 Å². The summed E-state index contributed by atoms with van der Waals surface area (Å²) in [6, 6.07) is 4.90. The first-order valence-electron chi connectivity index (χ1n) is 6.83. The number of rotatable bonds is 5. The van der Waals surface area contributed by atoms with Gasteiger partial charge in [0.25, 0.3) is 5.91 Å². The van der Waals surface area contributed by atoms with Crippen LogP contribution in [0.1, 0.15) is 30.6 Å². The van der Waals surface area contributed by atoms with Crippen molar-refractivity contribution in [3.63, 3.8) is 0 Å². The van der Waals surface area contributed by atoms with Gasteiger partial charge in [0.1, 0.15) is 5.54 Å². The van der Waals surface area contributed by atoms with Crippen molar-refractivity contribution >= 4 is 35.1 Å². The molecular formula is C15H15Cl2N3O3. The molecule has 2 rings (SSSR count). The van der Waals surface area contributed by atoms with Crippen LogP contribution in [0.4, 0.5) is 0 Å². The Hall–Kier alpha value is -2.05. The maximum absolute atomic E-state index is 12.2. The standard InChI is InChI=1S/C15H15Cl2N3O3/c1-3-15(2,14(22)23)19-13(21)9-7-18-20(8-9)12-5-4-10(16)6-11(12)17/h4-8H,3H2,1-2H3,(H,19,21)(H,22,23). The monoisotopic (exact) mass is 355 g/mol. The van der Waals surface area contributed by atoms with Gasteiger partial charge in [-0.15, -0.1) is 0 Å². The van der Waals surface area contributed by atoms with Crippen LogP contribution in [0.2, 0.25) is 10.0 Å². The average molecular weight is 356 g/mol. The number of carbonyl (C=O) groups is 2. The number of amides is 1. The quantitative estimate of drug-likeness (QED) is 0.862. The number of hydrogen-bond donors (Lipinski definition) is 2. The van der Waals surface area contributed by atoms with Crippen LogP contribution in [0.5, 0.6) is 0 Å². The molecule has 23 heavy (non-hydrogen) atoms. The van der Waals surface area contributed by atoms with Gasteiger partial charge in [0, 0.05) is 11.2 Å². The van der Waals surface area contributed by atoms with E-state index in [-0.39, 0.29) is 12.0 Å². The first-order chi connectivity index (χ1) is 10.8. The number of carboxylic acid groups (broad SMARTS) is 1. The van der Waals surface area contributed by atoms with E-state index in [1.54, 1.807) is 25.1 Å². The van der Waals surface area contributed by atoms with Crippen LogP contribution in [0.15, 0.2) is 30.6 Å². The topological polar surface area (TPSA) is 84.2 Å². The molecule has 1 aromatic carbocycles. The fourth-order valence-electron chi connectivity index (χ4n) is 1.85. The molecule has 1 aromatic heterocycles. The number of carbonyl (C=O) groups excluding carboxylic acids is 1. The minimum Gasteiger partial charge on any atom is -0.480 e. The molecule has 0 saturated carbocycles. The summed E-state index contributed by atoms with van der Waals surface area (Å²) < 4.78 is 1.43. The SMILES string of the molecule is CCC(C)(NC(=O)c1cnn(-c2ccc(Cl)cc2Cl)c1)C(=O)O. The Morgan fingerprint density at radius 3 is 2.65 bits per heavy atom. The van der Waals surface area contributed by atoms with Crippen molar-refractivity contribution in [1.29, 1.82) is 0 Å².